The van der Waals surface area contributed by atoms with Crippen molar-refractivity contribution in [2.75, 3.05) is 14.2 Å². The van der Waals surface area contributed by atoms with Crippen molar-refractivity contribution < 1.29 is 17.9 Å². The number of benzene rings is 1. The third-order valence-corrected chi connectivity index (χ3v) is 6.53. The van der Waals surface area contributed by atoms with Crippen LogP contribution in [0.4, 0.5) is 0 Å². The molecule has 0 bridgehead atoms. The summed E-state index contributed by atoms with van der Waals surface area (Å²) in [5, 5.41) is -0.820. The molecule has 0 spiro atoms. The number of hydrogen-bond acceptors (Lipinski definition) is 4. The van der Waals surface area contributed by atoms with Crippen molar-refractivity contribution in [1.82, 2.24) is 4.72 Å². The number of halogens is 1. The van der Waals surface area contributed by atoms with Crippen LogP contribution in [0.25, 0.3) is 0 Å². The van der Waals surface area contributed by atoms with Gasteiger partial charge in [0.2, 0.25) is 10.0 Å². The second kappa shape index (κ2) is 7.53. The largest absolute Gasteiger partial charge is 0.493 e. The Morgan fingerprint density at radius 3 is 2.50 bits per heavy atom. The van der Waals surface area contributed by atoms with Crippen LogP contribution in [-0.4, -0.2) is 33.3 Å². The lowest BCUT2D eigenvalue weighted by molar-refractivity contribution is 0.354. The Morgan fingerprint density at radius 1 is 1.18 bits per heavy atom. The highest BCUT2D eigenvalue weighted by molar-refractivity contribution is 7.90. The van der Waals surface area contributed by atoms with Crippen molar-refractivity contribution >= 4 is 21.6 Å². The van der Waals surface area contributed by atoms with E-state index in [0.29, 0.717) is 17.9 Å². The van der Waals surface area contributed by atoms with Crippen molar-refractivity contribution in [1.29, 1.82) is 0 Å². The summed E-state index contributed by atoms with van der Waals surface area (Å²) >= 11 is 6.18. The molecule has 0 saturated heterocycles. The van der Waals surface area contributed by atoms with Gasteiger partial charge in [-0.25, -0.2) is 13.1 Å². The van der Waals surface area contributed by atoms with E-state index < -0.39 is 15.3 Å². The van der Waals surface area contributed by atoms with Gasteiger partial charge in [-0.1, -0.05) is 18.9 Å². The first kappa shape index (κ1) is 17.4. The molecule has 1 N–H and O–H groups in total. The lowest BCUT2D eigenvalue weighted by atomic mass is 10.00. The monoisotopic (exact) mass is 347 g/mol. The van der Waals surface area contributed by atoms with Crippen LogP contribution in [0.5, 0.6) is 11.5 Å². The van der Waals surface area contributed by atoms with Gasteiger partial charge >= 0.3 is 0 Å². The second-order valence-corrected chi connectivity index (χ2v) is 7.94. The standard InChI is InChI=1S/C15H22ClNO4S/c1-20-13-8-7-11(9-14(13)21-2)10-17-22(18,19)15-6-4-3-5-12(15)16/h7-9,12,15,17H,3-6,10H2,1-2H3/t12-,15-/m1/s1. The molecule has 0 aliphatic heterocycles. The topological polar surface area (TPSA) is 64.6 Å². The zero-order chi connectivity index (χ0) is 16.2. The lowest BCUT2D eigenvalue weighted by Gasteiger charge is -2.26. The van der Waals surface area contributed by atoms with E-state index in [4.69, 9.17) is 21.1 Å². The summed E-state index contributed by atoms with van der Waals surface area (Å²) in [6.07, 6.45) is 3.28. The number of alkyl halides is 1. The highest BCUT2D eigenvalue weighted by Crippen LogP contribution is 2.29. The Bertz CT molecular complexity index is 606. The van der Waals surface area contributed by atoms with E-state index in [-0.39, 0.29) is 11.9 Å². The van der Waals surface area contributed by atoms with Crippen molar-refractivity contribution in [2.24, 2.45) is 0 Å². The predicted octanol–water partition coefficient (Wildman–Crippen LogP) is 2.67. The van der Waals surface area contributed by atoms with Crippen LogP contribution in [0, 0.1) is 0 Å². The SMILES string of the molecule is COc1ccc(CNS(=O)(=O)[C@@H]2CCCC[C@H]2Cl)cc1OC. The minimum atomic E-state index is -3.42. The summed E-state index contributed by atoms with van der Waals surface area (Å²) < 4.78 is 37.8. The number of nitrogens with one attached hydrogen (secondary N) is 1. The molecule has 2 rings (SSSR count). The Hall–Kier alpha value is -0.980. The first-order valence-corrected chi connectivity index (χ1v) is 9.29. The number of ether oxygens (including phenoxy) is 2. The number of sulfonamides is 1. The Morgan fingerprint density at radius 2 is 1.86 bits per heavy atom. The van der Waals surface area contributed by atoms with Crippen LogP contribution in [0.2, 0.25) is 0 Å². The molecular formula is C15H22ClNO4S. The molecule has 0 heterocycles. The molecule has 5 nitrogen and oxygen atoms in total. The van der Waals surface area contributed by atoms with E-state index in [2.05, 4.69) is 4.72 Å². The molecule has 22 heavy (non-hydrogen) atoms. The summed E-state index contributed by atoms with van der Waals surface area (Å²) in [4.78, 5) is 0. The van der Waals surface area contributed by atoms with Gasteiger partial charge < -0.3 is 9.47 Å². The van der Waals surface area contributed by atoms with Gasteiger partial charge in [-0.15, -0.1) is 11.6 Å². The van der Waals surface area contributed by atoms with E-state index >= 15 is 0 Å². The molecule has 0 aromatic heterocycles. The van der Waals surface area contributed by atoms with Crippen LogP contribution in [0.1, 0.15) is 31.2 Å². The van der Waals surface area contributed by atoms with Crippen LogP contribution in [-0.2, 0) is 16.6 Å². The van der Waals surface area contributed by atoms with E-state index in [1.54, 1.807) is 26.4 Å². The van der Waals surface area contributed by atoms with Crippen molar-refractivity contribution in [3.05, 3.63) is 23.8 Å². The smallest absolute Gasteiger partial charge is 0.216 e. The van der Waals surface area contributed by atoms with Crippen LogP contribution in [0.3, 0.4) is 0 Å². The molecular weight excluding hydrogens is 326 g/mol. The summed E-state index contributed by atoms with van der Waals surface area (Å²) in [5.74, 6) is 1.19. The average Bonchev–Trinajstić information content (AvgIpc) is 2.53. The molecule has 1 aromatic carbocycles. The average molecular weight is 348 g/mol. The summed E-state index contributed by atoms with van der Waals surface area (Å²) in [7, 11) is -0.313. The molecule has 0 radical (unpaired) electrons. The Labute approximate surface area is 137 Å². The minimum absolute atomic E-state index is 0.211. The first-order valence-electron chi connectivity index (χ1n) is 7.31. The Balaban J connectivity index is 2.05. The number of rotatable bonds is 6. The fourth-order valence-electron chi connectivity index (χ4n) is 2.68. The molecule has 1 saturated carbocycles. The van der Waals surface area contributed by atoms with Crippen molar-refractivity contribution in [3.8, 4) is 11.5 Å². The van der Waals surface area contributed by atoms with E-state index in [1.807, 2.05) is 6.07 Å². The summed E-state index contributed by atoms with van der Waals surface area (Å²) in [5.41, 5.74) is 0.808. The second-order valence-electron chi connectivity index (χ2n) is 5.39. The molecule has 0 amide bonds. The quantitative estimate of drug-likeness (QED) is 0.803. The van der Waals surface area contributed by atoms with Gasteiger partial charge in [-0.3, -0.25) is 0 Å². The highest BCUT2D eigenvalue weighted by Gasteiger charge is 2.34. The maximum absolute atomic E-state index is 12.4. The highest BCUT2D eigenvalue weighted by atomic mass is 35.5. The van der Waals surface area contributed by atoms with Gasteiger partial charge in [0.25, 0.3) is 0 Å². The zero-order valence-electron chi connectivity index (χ0n) is 12.8. The number of hydrogen-bond donors (Lipinski definition) is 1. The third-order valence-electron chi connectivity index (χ3n) is 3.95. The van der Waals surface area contributed by atoms with E-state index in [1.165, 1.54) is 0 Å². The predicted molar refractivity (Wildman–Crippen MR) is 87.2 cm³/mol. The third kappa shape index (κ3) is 4.06. The van der Waals surface area contributed by atoms with Gasteiger partial charge in [0.1, 0.15) is 0 Å². The molecule has 124 valence electrons. The molecule has 1 aliphatic rings. The maximum atomic E-state index is 12.4. The van der Waals surface area contributed by atoms with Gasteiger partial charge in [0, 0.05) is 6.54 Å². The fraction of sp³-hybridized carbons (Fsp3) is 0.600. The Kier molecular flexibility index (Phi) is 5.94. The van der Waals surface area contributed by atoms with Gasteiger partial charge in [-0.2, -0.15) is 0 Å². The first-order chi connectivity index (χ1) is 10.5. The normalized spacial score (nSPS) is 22.3. The fourth-order valence-corrected chi connectivity index (χ4v) is 4.95. The van der Waals surface area contributed by atoms with Gasteiger partial charge in [0.15, 0.2) is 11.5 Å². The van der Waals surface area contributed by atoms with Gasteiger partial charge in [0.05, 0.1) is 24.8 Å². The lowest BCUT2D eigenvalue weighted by Crippen LogP contribution is -2.41. The molecule has 1 aromatic rings. The van der Waals surface area contributed by atoms with Crippen LogP contribution in [0.15, 0.2) is 18.2 Å². The molecule has 1 aliphatic carbocycles. The summed E-state index contributed by atoms with van der Waals surface area (Å²) in [6.45, 7) is 0.211. The summed E-state index contributed by atoms with van der Waals surface area (Å²) in [6, 6.07) is 5.33. The maximum Gasteiger partial charge on any atom is 0.216 e. The molecule has 0 unspecified atom stereocenters. The van der Waals surface area contributed by atoms with E-state index in [9.17, 15) is 8.42 Å². The van der Waals surface area contributed by atoms with Crippen LogP contribution < -0.4 is 14.2 Å². The minimum Gasteiger partial charge on any atom is -0.493 e. The molecule has 2 atom stereocenters. The van der Waals surface area contributed by atoms with Gasteiger partial charge in [-0.05, 0) is 30.5 Å². The van der Waals surface area contributed by atoms with E-state index in [0.717, 1.165) is 24.8 Å². The zero-order valence-corrected chi connectivity index (χ0v) is 14.4. The van der Waals surface area contributed by atoms with Crippen molar-refractivity contribution in [2.45, 2.75) is 42.9 Å². The van der Waals surface area contributed by atoms with Crippen molar-refractivity contribution in [3.63, 3.8) is 0 Å². The number of methoxy groups -OCH3 is 2. The molecule has 1 fully saturated rings. The van der Waals surface area contributed by atoms with Crippen LogP contribution >= 0.6 is 11.6 Å². The molecule has 7 heteroatoms.